The molecule has 0 saturated carbocycles. The van der Waals surface area contributed by atoms with Crippen LogP contribution in [-0.4, -0.2) is 26.4 Å². The van der Waals surface area contributed by atoms with Gasteiger partial charge in [0.15, 0.2) is 0 Å². The Morgan fingerprint density at radius 3 is 3.00 bits per heavy atom. The molecule has 2 unspecified atom stereocenters. The van der Waals surface area contributed by atoms with E-state index in [0.29, 0.717) is 26.0 Å². The minimum atomic E-state index is -3.26. The summed E-state index contributed by atoms with van der Waals surface area (Å²) in [5, 5.41) is 1.60. The van der Waals surface area contributed by atoms with Crippen LogP contribution in [0.5, 0.6) is 0 Å². The molecule has 1 N–H and O–H groups in total. The number of hydrogen-bond acceptors (Lipinski definition) is 4. The first-order valence-electron chi connectivity index (χ1n) is 5.81. The van der Waals surface area contributed by atoms with Gasteiger partial charge in [0.2, 0.25) is 10.0 Å². The first kappa shape index (κ1) is 14.5. The van der Waals surface area contributed by atoms with E-state index in [2.05, 4.69) is 20.7 Å². The van der Waals surface area contributed by atoms with E-state index in [9.17, 15) is 8.42 Å². The summed E-state index contributed by atoms with van der Waals surface area (Å²) in [5.74, 6) is 0. The number of nitrogens with one attached hydrogen (secondary N) is 1. The van der Waals surface area contributed by atoms with Crippen molar-refractivity contribution in [3.63, 3.8) is 0 Å². The van der Waals surface area contributed by atoms with E-state index >= 15 is 0 Å². The Hall–Kier alpha value is 0.0500. The van der Waals surface area contributed by atoms with Crippen molar-refractivity contribution in [1.82, 2.24) is 4.72 Å². The van der Waals surface area contributed by atoms with Crippen molar-refractivity contribution in [3.05, 3.63) is 20.8 Å². The number of ether oxygens (including phenoxy) is 1. The van der Waals surface area contributed by atoms with E-state index in [1.165, 1.54) is 0 Å². The molecule has 1 fully saturated rings. The minimum Gasteiger partial charge on any atom is -0.378 e. The molecule has 1 aliphatic rings. The van der Waals surface area contributed by atoms with Gasteiger partial charge in [-0.1, -0.05) is 0 Å². The molecular weight excluding hydrogens is 338 g/mol. The third-order valence-corrected chi connectivity index (χ3v) is 6.70. The fourth-order valence-corrected chi connectivity index (χ4v) is 4.74. The summed E-state index contributed by atoms with van der Waals surface area (Å²) in [6, 6.07) is 1.92. The first-order chi connectivity index (χ1) is 8.49. The van der Waals surface area contributed by atoms with E-state index in [1.54, 1.807) is 11.3 Å². The average molecular weight is 354 g/mol. The molecule has 1 aromatic rings. The van der Waals surface area contributed by atoms with Crippen LogP contribution in [-0.2, 0) is 21.3 Å². The Labute approximate surface area is 120 Å². The van der Waals surface area contributed by atoms with Gasteiger partial charge in [0.25, 0.3) is 0 Å². The van der Waals surface area contributed by atoms with Crippen LogP contribution in [0.25, 0.3) is 0 Å². The maximum Gasteiger partial charge on any atom is 0.214 e. The average Bonchev–Trinajstić information content (AvgIpc) is 2.72. The fraction of sp³-hybridized carbons (Fsp3) is 0.636. The third-order valence-electron chi connectivity index (χ3n) is 3.03. The van der Waals surface area contributed by atoms with Crippen molar-refractivity contribution < 1.29 is 13.2 Å². The largest absolute Gasteiger partial charge is 0.378 e. The molecular formula is C11H16BrNO3S2. The summed E-state index contributed by atoms with van der Waals surface area (Å²) in [6.45, 7) is 2.78. The Kier molecular flexibility index (Phi) is 4.82. The molecule has 1 aromatic heterocycles. The van der Waals surface area contributed by atoms with Crippen LogP contribution in [0.15, 0.2) is 15.2 Å². The van der Waals surface area contributed by atoms with E-state index < -0.39 is 10.0 Å². The van der Waals surface area contributed by atoms with Gasteiger partial charge in [0.1, 0.15) is 0 Å². The highest BCUT2D eigenvalue weighted by Gasteiger charge is 2.30. The maximum atomic E-state index is 12.2. The number of rotatable bonds is 4. The van der Waals surface area contributed by atoms with E-state index in [1.807, 2.05) is 18.4 Å². The summed E-state index contributed by atoms with van der Waals surface area (Å²) in [4.78, 5) is 0. The van der Waals surface area contributed by atoms with Crippen LogP contribution in [0.4, 0.5) is 0 Å². The Morgan fingerprint density at radius 1 is 1.61 bits per heavy atom. The van der Waals surface area contributed by atoms with Gasteiger partial charge in [-0.05, 0) is 52.7 Å². The monoisotopic (exact) mass is 353 g/mol. The zero-order valence-electron chi connectivity index (χ0n) is 10.1. The van der Waals surface area contributed by atoms with Gasteiger partial charge in [0.05, 0.1) is 15.1 Å². The quantitative estimate of drug-likeness (QED) is 0.904. The van der Waals surface area contributed by atoms with Gasteiger partial charge in [-0.15, -0.1) is 11.3 Å². The van der Waals surface area contributed by atoms with Crippen molar-refractivity contribution in [2.24, 2.45) is 0 Å². The van der Waals surface area contributed by atoms with Crippen molar-refractivity contribution in [2.75, 3.05) is 6.61 Å². The SMILES string of the molecule is CC1CC(S(=O)(=O)NCc2ccsc2Br)CCO1. The number of halogens is 1. The molecule has 0 bridgehead atoms. The van der Waals surface area contributed by atoms with E-state index in [0.717, 1.165) is 9.35 Å². The lowest BCUT2D eigenvalue weighted by atomic mass is 10.1. The van der Waals surface area contributed by atoms with Crippen LogP contribution in [0.3, 0.4) is 0 Å². The lowest BCUT2D eigenvalue weighted by molar-refractivity contribution is 0.0299. The normalized spacial score (nSPS) is 25.2. The topological polar surface area (TPSA) is 55.4 Å². The van der Waals surface area contributed by atoms with Gasteiger partial charge < -0.3 is 4.74 Å². The molecule has 2 rings (SSSR count). The van der Waals surface area contributed by atoms with Crippen LogP contribution in [0.2, 0.25) is 0 Å². The molecule has 0 radical (unpaired) electrons. The smallest absolute Gasteiger partial charge is 0.214 e. The van der Waals surface area contributed by atoms with Gasteiger partial charge >= 0.3 is 0 Å². The van der Waals surface area contributed by atoms with Crippen LogP contribution >= 0.6 is 27.3 Å². The van der Waals surface area contributed by atoms with Crippen LogP contribution in [0.1, 0.15) is 25.3 Å². The summed E-state index contributed by atoms with van der Waals surface area (Å²) >= 11 is 4.96. The highest BCUT2D eigenvalue weighted by molar-refractivity contribution is 9.11. The Morgan fingerprint density at radius 2 is 2.39 bits per heavy atom. The standard InChI is InChI=1S/C11H16BrNO3S2/c1-8-6-10(2-4-16-8)18(14,15)13-7-9-3-5-17-11(9)12/h3,5,8,10,13H,2,4,6-7H2,1H3. The second-order valence-electron chi connectivity index (χ2n) is 4.41. The van der Waals surface area contributed by atoms with Crippen LogP contribution < -0.4 is 4.72 Å². The molecule has 1 saturated heterocycles. The highest BCUT2D eigenvalue weighted by atomic mass is 79.9. The van der Waals surface area contributed by atoms with Crippen molar-refractivity contribution in [3.8, 4) is 0 Å². The van der Waals surface area contributed by atoms with Gasteiger partial charge in [-0.3, -0.25) is 0 Å². The number of thiophene rings is 1. The molecule has 2 heterocycles. The second-order valence-corrected chi connectivity index (χ2v) is 8.69. The summed E-state index contributed by atoms with van der Waals surface area (Å²) in [7, 11) is -3.26. The van der Waals surface area contributed by atoms with Gasteiger partial charge in [0, 0.05) is 13.2 Å². The van der Waals surface area contributed by atoms with Crippen molar-refractivity contribution >= 4 is 37.3 Å². The Balaban J connectivity index is 1.97. The predicted octanol–water partition coefficient (Wildman–Crippen LogP) is 2.50. The molecule has 18 heavy (non-hydrogen) atoms. The molecule has 0 spiro atoms. The molecule has 0 amide bonds. The first-order valence-corrected chi connectivity index (χ1v) is 9.03. The molecule has 0 aromatic carbocycles. The van der Waals surface area contributed by atoms with Crippen LogP contribution in [0, 0.1) is 0 Å². The van der Waals surface area contributed by atoms with Gasteiger partial charge in [-0.2, -0.15) is 0 Å². The van der Waals surface area contributed by atoms with Gasteiger partial charge in [-0.25, -0.2) is 13.1 Å². The Bertz CT molecular complexity index is 500. The van der Waals surface area contributed by atoms with E-state index in [4.69, 9.17) is 4.74 Å². The fourth-order valence-electron chi connectivity index (χ4n) is 1.98. The minimum absolute atomic E-state index is 0.0215. The summed E-state index contributed by atoms with van der Waals surface area (Å²) in [6.07, 6.45) is 1.16. The summed E-state index contributed by atoms with van der Waals surface area (Å²) in [5.41, 5.74) is 0.976. The molecule has 1 aliphatic heterocycles. The van der Waals surface area contributed by atoms with E-state index in [-0.39, 0.29) is 11.4 Å². The van der Waals surface area contributed by atoms with Crippen molar-refractivity contribution in [1.29, 1.82) is 0 Å². The summed E-state index contributed by atoms with van der Waals surface area (Å²) < 4.78 is 33.4. The predicted molar refractivity (Wildman–Crippen MR) is 76.2 cm³/mol. The van der Waals surface area contributed by atoms with Crippen molar-refractivity contribution in [2.45, 2.75) is 37.7 Å². The molecule has 7 heteroatoms. The lowest BCUT2D eigenvalue weighted by Gasteiger charge is -2.27. The number of hydrogen-bond donors (Lipinski definition) is 1. The highest BCUT2D eigenvalue weighted by Crippen LogP contribution is 2.24. The maximum absolute atomic E-state index is 12.2. The molecule has 2 atom stereocenters. The zero-order chi connectivity index (χ0) is 13.2. The number of sulfonamides is 1. The molecule has 4 nitrogen and oxygen atoms in total. The third kappa shape index (κ3) is 3.54. The lowest BCUT2D eigenvalue weighted by Crippen LogP contribution is -2.39. The second kappa shape index (κ2) is 6.00. The molecule has 0 aliphatic carbocycles. The molecule has 102 valence electrons. The zero-order valence-corrected chi connectivity index (χ0v) is 13.3.